The number of ether oxygens (including phenoxy) is 4. The van der Waals surface area contributed by atoms with Crippen LogP contribution in [0, 0.1) is 0 Å². The van der Waals surface area contributed by atoms with Crippen LogP contribution in [0.3, 0.4) is 0 Å². The number of amides is 2. The summed E-state index contributed by atoms with van der Waals surface area (Å²) in [5, 5.41) is 2.95. The molecule has 1 unspecified atom stereocenters. The normalized spacial score (nSPS) is 17.3. The maximum Gasteiger partial charge on any atom is 0.323 e. The zero-order valence-corrected chi connectivity index (χ0v) is 16.3. The van der Waals surface area contributed by atoms with Crippen molar-refractivity contribution in [3.8, 4) is 23.0 Å². The van der Waals surface area contributed by atoms with E-state index in [0.717, 1.165) is 16.0 Å². The van der Waals surface area contributed by atoms with Crippen molar-refractivity contribution in [3.63, 3.8) is 0 Å². The lowest BCUT2D eigenvalue weighted by Crippen LogP contribution is -2.44. The van der Waals surface area contributed by atoms with Crippen LogP contribution in [0.15, 0.2) is 29.2 Å². The van der Waals surface area contributed by atoms with Crippen molar-refractivity contribution in [1.82, 2.24) is 4.90 Å². The molecule has 2 amide bonds. The molecule has 0 fully saturated rings. The molecule has 142 valence electrons. The maximum atomic E-state index is 12.7. The summed E-state index contributed by atoms with van der Waals surface area (Å²) in [4.78, 5) is 15.6. The molecule has 7 nitrogen and oxygen atoms in total. The summed E-state index contributed by atoms with van der Waals surface area (Å²) in [5.74, 6) is 3.03. The van der Waals surface area contributed by atoms with E-state index in [-0.39, 0.29) is 12.1 Å². The molecule has 4 rings (SSSR count). The van der Waals surface area contributed by atoms with Crippen LogP contribution >= 0.6 is 11.8 Å². The van der Waals surface area contributed by atoms with Crippen LogP contribution in [0.4, 0.5) is 10.5 Å². The van der Waals surface area contributed by atoms with Gasteiger partial charge in [-0.25, -0.2) is 4.79 Å². The number of nitrogens with one attached hydrogen (secondary N) is 1. The highest BCUT2D eigenvalue weighted by Crippen LogP contribution is 2.50. The lowest BCUT2D eigenvalue weighted by atomic mass is 9.93. The second kappa shape index (κ2) is 6.77. The largest absolute Gasteiger partial charge is 0.493 e. The van der Waals surface area contributed by atoms with Crippen molar-refractivity contribution in [2.45, 2.75) is 10.9 Å². The second-order valence-electron chi connectivity index (χ2n) is 6.12. The molecule has 0 spiro atoms. The first-order valence-corrected chi connectivity index (χ1v) is 9.32. The fourth-order valence-electron chi connectivity index (χ4n) is 3.52. The number of methoxy groups -OCH3 is 4. The molecule has 1 atom stereocenters. The van der Waals surface area contributed by atoms with Crippen molar-refractivity contribution in [3.05, 3.63) is 35.4 Å². The Bertz CT molecular complexity index is 917. The Hall–Kier alpha value is -2.74. The number of benzene rings is 2. The van der Waals surface area contributed by atoms with Crippen LogP contribution < -0.4 is 24.3 Å². The van der Waals surface area contributed by atoms with E-state index < -0.39 is 0 Å². The Kier molecular flexibility index (Phi) is 4.43. The van der Waals surface area contributed by atoms with Gasteiger partial charge in [-0.1, -0.05) is 0 Å². The summed E-state index contributed by atoms with van der Waals surface area (Å²) in [6.45, 7) is 0. The molecule has 0 aromatic heterocycles. The van der Waals surface area contributed by atoms with Gasteiger partial charge in [-0.05, 0) is 23.8 Å². The second-order valence-corrected chi connectivity index (χ2v) is 7.10. The Labute approximate surface area is 161 Å². The molecule has 2 heterocycles. The SMILES string of the molecule is COc1cc2c(cc1OC)C1c3cc(OC)c(OC)cc3SCN1C(=O)N2. The molecule has 2 aliphatic heterocycles. The minimum absolute atomic E-state index is 0.146. The highest BCUT2D eigenvalue weighted by molar-refractivity contribution is 7.99. The number of hydrogen-bond donors (Lipinski definition) is 1. The lowest BCUT2D eigenvalue weighted by molar-refractivity contribution is 0.204. The summed E-state index contributed by atoms with van der Waals surface area (Å²) in [5.41, 5.74) is 2.65. The minimum Gasteiger partial charge on any atom is -0.493 e. The van der Waals surface area contributed by atoms with E-state index in [1.165, 1.54) is 0 Å². The number of anilines is 1. The number of carbonyl (C=O) groups is 1. The van der Waals surface area contributed by atoms with Crippen LogP contribution in [-0.4, -0.2) is 45.2 Å². The van der Waals surface area contributed by atoms with Crippen molar-refractivity contribution < 1.29 is 23.7 Å². The summed E-state index contributed by atoms with van der Waals surface area (Å²) in [7, 11) is 6.39. The molecule has 0 saturated heterocycles. The fourth-order valence-corrected chi connectivity index (χ4v) is 4.60. The van der Waals surface area contributed by atoms with Gasteiger partial charge in [-0.15, -0.1) is 11.8 Å². The van der Waals surface area contributed by atoms with Crippen molar-refractivity contribution >= 4 is 23.5 Å². The fraction of sp³-hybridized carbons (Fsp3) is 0.316. The number of thioether (sulfide) groups is 1. The van der Waals surface area contributed by atoms with Gasteiger partial charge in [-0.3, -0.25) is 0 Å². The summed E-state index contributed by atoms with van der Waals surface area (Å²) in [6.07, 6.45) is 0. The first kappa shape index (κ1) is 17.7. The summed E-state index contributed by atoms with van der Waals surface area (Å²) < 4.78 is 21.8. The Balaban J connectivity index is 1.93. The third kappa shape index (κ3) is 2.71. The average molecular weight is 388 g/mol. The monoisotopic (exact) mass is 388 g/mol. The molecule has 1 N–H and O–H groups in total. The molecule has 0 aliphatic carbocycles. The van der Waals surface area contributed by atoms with Crippen LogP contribution in [0.5, 0.6) is 23.0 Å². The van der Waals surface area contributed by atoms with Gasteiger partial charge in [0.15, 0.2) is 23.0 Å². The van der Waals surface area contributed by atoms with E-state index in [1.807, 2.05) is 18.2 Å². The van der Waals surface area contributed by atoms with E-state index >= 15 is 0 Å². The number of urea groups is 1. The zero-order valence-electron chi connectivity index (χ0n) is 15.5. The standard InChI is InChI=1S/C19H20N2O5S/c1-23-13-5-10-12(7-15(13)25-3)20-19(22)21-9-27-17-8-16(26-4)14(24-2)6-11(17)18(10)21/h5-8,18H,9H2,1-4H3,(H,20,22). The first-order valence-electron chi connectivity index (χ1n) is 8.33. The third-order valence-electron chi connectivity index (χ3n) is 4.83. The highest BCUT2D eigenvalue weighted by Gasteiger charge is 2.39. The van der Waals surface area contributed by atoms with Gasteiger partial charge in [0, 0.05) is 16.5 Å². The summed E-state index contributed by atoms with van der Waals surface area (Å²) in [6, 6.07) is 7.23. The van der Waals surface area contributed by atoms with E-state index in [9.17, 15) is 4.79 Å². The molecule has 0 saturated carbocycles. The van der Waals surface area contributed by atoms with Gasteiger partial charge in [0.1, 0.15) is 0 Å². The number of hydrogen-bond acceptors (Lipinski definition) is 6. The van der Waals surface area contributed by atoms with Gasteiger partial charge in [0.05, 0.1) is 46.0 Å². The Morgan fingerprint density at radius 3 is 2.07 bits per heavy atom. The van der Waals surface area contributed by atoms with E-state index in [1.54, 1.807) is 51.2 Å². The average Bonchev–Trinajstić information content (AvgIpc) is 2.71. The Morgan fingerprint density at radius 2 is 1.44 bits per heavy atom. The summed E-state index contributed by atoms with van der Waals surface area (Å²) >= 11 is 1.59. The van der Waals surface area contributed by atoms with Gasteiger partial charge in [0.2, 0.25) is 0 Å². The van der Waals surface area contributed by atoms with Crippen LogP contribution in [0.1, 0.15) is 17.2 Å². The van der Waals surface area contributed by atoms with E-state index in [0.29, 0.717) is 34.6 Å². The molecule has 8 heteroatoms. The zero-order chi connectivity index (χ0) is 19.1. The Morgan fingerprint density at radius 1 is 0.889 bits per heavy atom. The van der Waals surface area contributed by atoms with Gasteiger partial charge >= 0.3 is 6.03 Å². The molecular formula is C19H20N2O5S. The molecule has 27 heavy (non-hydrogen) atoms. The predicted molar refractivity (Wildman–Crippen MR) is 103 cm³/mol. The predicted octanol–water partition coefficient (Wildman–Crippen LogP) is 3.72. The molecule has 2 aliphatic rings. The van der Waals surface area contributed by atoms with Crippen molar-refractivity contribution in [2.75, 3.05) is 39.6 Å². The minimum atomic E-state index is -0.246. The van der Waals surface area contributed by atoms with Crippen LogP contribution in [-0.2, 0) is 0 Å². The molecule has 0 bridgehead atoms. The molecule has 0 radical (unpaired) electrons. The van der Waals surface area contributed by atoms with Gasteiger partial charge in [0.25, 0.3) is 0 Å². The van der Waals surface area contributed by atoms with Crippen LogP contribution in [0.25, 0.3) is 0 Å². The number of nitrogens with zero attached hydrogens (tertiary/aromatic N) is 1. The lowest BCUT2D eigenvalue weighted by Gasteiger charge is -2.41. The third-order valence-corrected chi connectivity index (χ3v) is 5.91. The van der Waals surface area contributed by atoms with E-state index in [2.05, 4.69) is 5.32 Å². The van der Waals surface area contributed by atoms with Gasteiger partial charge in [-0.2, -0.15) is 0 Å². The molecular weight excluding hydrogens is 368 g/mol. The number of fused-ring (bicyclic) bond motifs is 5. The van der Waals surface area contributed by atoms with E-state index in [4.69, 9.17) is 18.9 Å². The highest BCUT2D eigenvalue weighted by atomic mass is 32.2. The van der Waals surface area contributed by atoms with Crippen LogP contribution in [0.2, 0.25) is 0 Å². The van der Waals surface area contributed by atoms with Gasteiger partial charge < -0.3 is 29.2 Å². The topological polar surface area (TPSA) is 69.3 Å². The first-order chi connectivity index (χ1) is 13.1. The number of carbonyl (C=O) groups excluding carboxylic acids is 1. The van der Waals surface area contributed by atoms with Crippen molar-refractivity contribution in [1.29, 1.82) is 0 Å². The molecule has 2 aromatic carbocycles. The number of rotatable bonds is 4. The maximum absolute atomic E-state index is 12.7. The van der Waals surface area contributed by atoms with Crippen molar-refractivity contribution in [2.24, 2.45) is 0 Å². The quantitative estimate of drug-likeness (QED) is 0.861. The molecule has 2 aromatic rings. The smallest absolute Gasteiger partial charge is 0.323 e.